The Bertz CT molecular complexity index is 1480. The topological polar surface area (TPSA) is 86.8 Å². The molecule has 0 spiro atoms. The van der Waals surface area contributed by atoms with Gasteiger partial charge >= 0.3 is 0 Å². The van der Waals surface area contributed by atoms with Crippen molar-refractivity contribution in [2.75, 3.05) is 10.8 Å². The molecule has 41 heavy (non-hydrogen) atoms. The molecule has 2 amide bonds. The molecule has 0 aromatic heterocycles. The highest BCUT2D eigenvalue weighted by molar-refractivity contribution is 7.92. The highest BCUT2D eigenvalue weighted by atomic mass is 32.2. The van der Waals surface area contributed by atoms with Gasteiger partial charge in [-0.25, -0.2) is 8.42 Å². The molecule has 3 aromatic carbocycles. The van der Waals surface area contributed by atoms with Gasteiger partial charge in [0.15, 0.2) is 0 Å². The number of sulfonamides is 1. The van der Waals surface area contributed by atoms with Crippen molar-refractivity contribution in [1.82, 2.24) is 10.2 Å². The van der Waals surface area contributed by atoms with E-state index in [1.165, 1.54) is 4.90 Å². The van der Waals surface area contributed by atoms with Gasteiger partial charge in [0, 0.05) is 12.6 Å². The fourth-order valence-corrected chi connectivity index (χ4v) is 6.52. The second-order valence-corrected chi connectivity index (χ2v) is 13.1. The molecule has 1 saturated carbocycles. The summed E-state index contributed by atoms with van der Waals surface area (Å²) >= 11 is 0. The van der Waals surface area contributed by atoms with Crippen LogP contribution in [0.3, 0.4) is 0 Å². The van der Waals surface area contributed by atoms with Gasteiger partial charge in [0.05, 0.1) is 10.6 Å². The molecule has 0 radical (unpaired) electrons. The molecule has 218 valence electrons. The van der Waals surface area contributed by atoms with Gasteiger partial charge < -0.3 is 10.2 Å². The number of nitrogens with one attached hydrogen (secondary N) is 1. The minimum atomic E-state index is -4.09. The Kier molecular flexibility index (Phi) is 9.53. The van der Waals surface area contributed by atoms with Crippen LogP contribution >= 0.6 is 0 Å². The smallest absolute Gasteiger partial charge is 0.264 e. The molecule has 1 aliphatic rings. The van der Waals surface area contributed by atoms with E-state index < -0.39 is 28.5 Å². The summed E-state index contributed by atoms with van der Waals surface area (Å²) in [7, 11) is -4.09. The van der Waals surface area contributed by atoms with Gasteiger partial charge in [0.2, 0.25) is 11.8 Å². The number of hydrogen-bond donors (Lipinski definition) is 1. The van der Waals surface area contributed by atoms with Crippen LogP contribution in [-0.2, 0) is 26.2 Å². The summed E-state index contributed by atoms with van der Waals surface area (Å²) in [6.45, 7) is 9.21. The van der Waals surface area contributed by atoms with Crippen LogP contribution < -0.4 is 9.62 Å². The molecular weight excluding hydrogens is 534 g/mol. The van der Waals surface area contributed by atoms with Gasteiger partial charge in [-0.3, -0.25) is 13.9 Å². The minimum Gasteiger partial charge on any atom is -0.352 e. The average Bonchev–Trinajstić information content (AvgIpc) is 3.45. The zero-order valence-corrected chi connectivity index (χ0v) is 25.5. The van der Waals surface area contributed by atoms with Crippen molar-refractivity contribution in [3.05, 3.63) is 94.5 Å². The normalized spacial score (nSPS) is 14.5. The summed E-state index contributed by atoms with van der Waals surface area (Å²) < 4.78 is 29.2. The monoisotopic (exact) mass is 575 g/mol. The van der Waals surface area contributed by atoms with Gasteiger partial charge in [0.25, 0.3) is 10.0 Å². The first kappa shape index (κ1) is 30.3. The fourth-order valence-electron chi connectivity index (χ4n) is 5.11. The largest absolute Gasteiger partial charge is 0.352 e. The molecule has 0 saturated heterocycles. The Morgan fingerprint density at radius 3 is 2.02 bits per heavy atom. The molecule has 1 aliphatic carbocycles. The van der Waals surface area contributed by atoms with E-state index in [0.29, 0.717) is 5.69 Å². The molecule has 0 unspecified atom stereocenters. The highest BCUT2D eigenvalue weighted by Crippen LogP contribution is 2.27. The zero-order chi connectivity index (χ0) is 29.7. The number of amides is 2. The lowest BCUT2D eigenvalue weighted by Gasteiger charge is -2.32. The molecule has 1 atom stereocenters. The number of anilines is 1. The lowest BCUT2D eigenvalue weighted by molar-refractivity contribution is -0.139. The molecule has 0 heterocycles. The number of benzene rings is 3. The van der Waals surface area contributed by atoms with Gasteiger partial charge in [-0.2, -0.15) is 0 Å². The first-order valence-electron chi connectivity index (χ1n) is 14.3. The summed E-state index contributed by atoms with van der Waals surface area (Å²) in [5.74, 6) is -0.676. The van der Waals surface area contributed by atoms with E-state index in [4.69, 9.17) is 0 Å². The van der Waals surface area contributed by atoms with Crippen LogP contribution in [-0.4, -0.2) is 43.8 Å². The van der Waals surface area contributed by atoms with E-state index in [1.54, 1.807) is 43.3 Å². The van der Waals surface area contributed by atoms with Crippen LogP contribution in [0.15, 0.2) is 71.6 Å². The molecule has 0 bridgehead atoms. The molecule has 1 N–H and O–H groups in total. The Hall–Kier alpha value is -3.65. The first-order chi connectivity index (χ1) is 19.5. The summed E-state index contributed by atoms with van der Waals surface area (Å²) in [6, 6.07) is 19.1. The number of carbonyl (C=O) groups is 2. The molecule has 1 fully saturated rings. The van der Waals surface area contributed by atoms with Crippen molar-refractivity contribution in [2.45, 2.75) is 83.8 Å². The van der Waals surface area contributed by atoms with Crippen molar-refractivity contribution in [1.29, 1.82) is 0 Å². The predicted octanol–water partition coefficient (Wildman–Crippen LogP) is 5.59. The number of rotatable bonds is 10. The maximum Gasteiger partial charge on any atom is 0.264 e. The maximum absolute atomic E-state index is 14.1. The van der Waals surface area contributed by atoms with Crippen molar-refractivity contribution >= 4 is 27.5 Å². The van der Waals surface area contributed by atoms with Crippen molar-refractivity contribution in [2.24, 2.45) is 0 Å². The van der Waals surface area contributed by atoms with E-state index >= 15 is 0 Å². The number of aryl methyl sites for hydroxylation is 4. The van der Waals surface area contributed by atoms with Gasteiger partial charge in [-0.15, -0.1) is 0 Å². The van der Waals surface area contributed by atoms with Gasteiger partial charge in [-0.1, -0.05) is 66.4 Å². The van der Waals surface area contributed by atoms with E-state index in [-0.39, 0.29) is 23.4 Å². The SMILES string of the molecule is Cc1ccc(CN(C(=O)CN(c2ccc(C)c(C)c2)S(=O)(=O)c2ccc(C)cc2)[C@@H](C)C(=O)NC2CCCC2)cc1. The molecule has 7 nitrogen and oxygen atoms in total. The fraction of sp³-hybridized carbons (Fsp3) is 0.394. The average molecular weight is 576 g/mol. The number of nitrogens with zero attached hydrogens (tertiary/aromatic N) is 2. The Balaban J connectivity index is 1.70. The standard InChI is InChI=1S/C33H41N3O4S/c1-23-10-15-28(16-11-23)21-35(27(5)33(38)34-29-8-6-7-9-29)32(37)22-36(30-17-14-25(3)26(4)20-30)41(39,40)31-18-12-24(2)13-19-31/h10-20,27,29H,6-9,21-22H2,1-5H3,(H,34,38)/t27-/m0/s1. The first-order valence-corrected chi connectivity index (χ1v) is 15.7. The third-order valence-electron chi connectivity index (χ3n) is 8.01. The summed E-state index contributed by atoms with van der Waals surface area (Å²) in [6.07, 6.45) is 4.01. The molecule has 3 aromatic rings. The second kappa shape index (κ2) is 12.9. The summed E-state index contributed by atoms with van der Waals surface area (Å²) in [5, 5.41) is 3.10. The quantitative estimate of drug-likeness (QED) is 0.341. The molecule has 8 heteroatoms. The van der Waals surface area contributed by atoms with E-state index in [2.05, 4.69) is 5.32 Å². The van der Waals surface area contributed by atoms with E-state index in [1.807, 2.05) is 58.0 Å². The van der Waals surface area contributed by atoms with Crippen LogP contribution in [0.2, 0.25) is 0 Å². The Morgan fingerprint density at radius 1 is 0.854 bits per heavy atom. The Labute approximate surface area is 244 Å². The van der Waals surface area contributed by atoms with Crippen molar-refractivity contribution in [3.8, 4) is 0 Å². The minimum absolute atomic E-state index is 0.103. The lowest BCUT2D eigenvalue weighted by Crippen LogP contribution is -2.52. The third-order valence-corrected chi connectivity index (χ3v) is 9.80. The summed E-state index contributed by atoms with van der Waals surface area (Å²) in [5.41, 5.74) is 5.22. The lowest BCUT2D eigenvalue weighted by atomic mass is 10.1. The van der Waals surface area contributed by atoms with Crippen LogP contribution in [0.5, 0.6) is 0 Å². The van der Waals surface area contributed by atoms with Crippen LogP contribution in [0, 0.1) is 27.7 Å². The zero-order valence-electron chi connectivity index (χ0n) is 24.7. The highest BCUT2D eigenvalue weighted by Gasteiger charge is 2.33. The number of hydrogen-bond acceptors (Lipinski definition) is 4. The predicted molar refractivity (Wildman–Crippen MR) is 163 cm³/mol. The van der Waals surface area contributed by atoms with Crippen LogP contribution in [0.4, 0.5) is 5.69 Å². The van der Waals surface area contributed by atoms with E-state index in [9.17, 15) is 18.0 Å². The van der Waals surface area contributed by atoms with Crippen molar-refractivity contribution < 1.29 is 18.0 Å². The molecular formula is C33H41N3O4S. The van der Waals surface area contributed by atoms with E-state index in [0.717, 1.165) is 57.8 Å². The van der Waals surface area contributed by atoms with Crippen molar-refractivity contribution in [3.63, 3.8) is 0 Å². The van der Waals surface area contributed by atoms with Crippen LogP contribution in [0.1, 0.15) is 60.4 Å². The Morgan fingerprint density at radius 2 is 1.44 bits per heavy atom. The van der Waals surface area contributed by atoms with Gasteiger partial charge in [0.1, 0.15) is 12.6 Å². The maximum atomic E-state index is 14.1. The summed E-state index contributed by atoms with van der Waals surface area (Å²) in [4.78, 5) is 29.0. The second-order valence-electron chi connectivity index (χ2n) is 11.3. The van der Waals surface area contributed by atoms with Gasteiger partial charge in [-0.05, 0) is 88.4 Å². The molecule has 0 aliphatic heterocycles. The number of carbonyl (C=O) groups excluding carboxylic acids is 2. The van der Waals surface area contributed by atoms with Crippen LogP contribution in [0.25, 0.3) is 0 Å². The third kappa shape index (κ3) is 7.36. The molecule has 4 rings (SSSR count).